The highest BCUT2D eigenvalue weighted by Crippen LogP contribution is 2.39. The van der Waals surface area contributed by atoms with Crippen molar-refractivity contribution in [1.29, 1.82) is 0 Å². The van der Waals surface area contributed by atoms with Gasteiger partial charge in [0.2, 0.25) is 0 Å². The number of benzene rings is 1. The zero-order valence-electron chi connectivity index (χ0n) is 16.3. The number of phenolic OH excluding ortho intramolecular Hbond substituents is 1. The summed E-state index contributed by atoms with van der Waals surface area (Å²) in [6, 6.07) is 3.56. The molecule has 0 aromatic heterocycles. The van der Waals surface area contributed by atoms with E-state index >= 15 is 0 Å². The van der Waals surface area contributed by atoms with Crippen LogP contribution in [0.2, 0.25) is 0 Å². The molecule has 0 spiro atoms. The van der Waals surface area contributed by atoms with Crippen LogP contribution in [0.5, 0.6) is 11.5 Å². The van der Waals surface area contributed by atoms with Crippen LogP contribution in [0.25, 0.3) is 0 Å². The summed E-state index contributed by atoms with van der Waals surface area (Å²) >= 11 is 0. The van der Waals surface area contributed by atoms with Crippen molar-refractivity contribution in [2.75, 3.05) is 0 Å². The second-order valence-electron chi connectivity index (χ2n) is 7.62. The predicted molar refractivity (Wildman–Crippen MR) is 104 cm³/mol. The SMILES string of the molecule is C/C(=C/CC/C(C)=C/CCC1(C)CCc2cc(O)cc(C)c2O1)C(=O)O. The van der Waals surface area contributed by atoms with Crippen molar-refractivity contribution in [2.24, 2.45) is 0 Å². The van der Waals surface area contributed by atoms with E-state index in [1.165, 1.54) is 5.57 Å². The standard InChI is InChI=1S/C22H30O4/c1-15(7-5-9-16(2)21(24)25)8-6-11-22(4)12-10-18-14-19(23)13-17(3)20(18)26-22/h8-9,13-14,23H,5-7,10-12H2,1-4H3,(H,24,25)/b15-8+,16-9-. The molecule has 4 heteroatoms. The molecule has 2 N–H and O–H groups in total. The Hall–Kier alpha value is -2.23. The van der Waals surface area contributed by atoms with Crippen molar-refractivity contribution in [3.8, 4) is 11.5 Å². The summed E-state index contributed by atoms with van der Waals surface area (Å²) in [7, 11) is 0. The van der Waals surface area contributed by atoms with Gasteiger partial charge in [-0.15, -0.1) is 0 Å². The molecule has 0 aliphatic carbocycles. The van der Waals surface area contributed by atoms with Gasteiger partial charge in [-0.25, -0.2) is 4.79 Å². The van der Waals surface area contributed by atoms with Gasteiger partial charge < -0.3 is 14.9 Å². The molecule has 0 amide bonds. The Morgan fingerprint density at radius 3 is 2.69 bits per heavy atom. The van der Waals surface area contributed by atoms with Gasteiger partial charge in [-0.2, -0.15) is 0 Å². The van der Waals surface area contributed by atoms with Gasteiger partial charge in [-0.3, -0.25) is 0 Å². The quantitative estimate of drug-likeness (QED) is 0.511. The average molecular weight is 358 g/mol. The first-order valence-corrected chi connectivity index (χ1v) is 9.27. The molecule has 0 fully saturated rings. The van der Waals surface area contributed by atoms with Crippen molar-refractivity contribution in [3.63, 3.8) is 0 Å². The molecule has 0 bridgehead atoms. The number of fused-ring (bicyclic) bond motifs is 1. The fraction of sp³-hybridized carbons (Fsp3) is 0.500. The summed E-state index contributed by atoms with van der Waals surface area (Å²) in [6.07, 6.45) is 9.38. The van der Waals surface area contributed by atoms with Crippen LogP contribution in [-0.4, -0.2) is 21.8 Å². The van der Waals surface area contributed by atoms with Crippen LogP contribution in [0.15, 0.2) is 35.4 Å². The maximum Gasteiger partial charge on any atom is 0.330 e. The van der Waals surface area contributed by atoms with E-state index in [0.717, 1.165) is 55.4 Å². The monoisotopic (exact) mass is 358 g/mol. The minimum atomic E-state index is -0.849. The third-order valence-electron chi connectivity index (χ3n) is 5.10. The molecule has 142 valence electrons. The van der Waals surface area contributed by atoms with E-state index in [-0.39, 0.29) is 5.60 Å². The molecule has 26 heavy (non-hydrogen) atoms. The van der Waals surface area contributed by atoms with E-state index in [2.05, 4.69) is 19.9 Å². The van der Waals surface area contributed by atoms with Gasteiger partial charge in [0.05, 0.1) is 0 Å². The van der Waals surface area contributed by atoms with E-state index in [1.54, 1.807) is 25.1 Å². The Bertz CT molecular complexity index is 730. The lowest BCUT2D eigenvalue weighted by Crippen LogP contribution is -2.36. The molecule has 1 atom stereocenters. The van der Waals surface area contributed by atoms with Gasteiger partial charge in [-0.1, -0.05) is 17.7 Å². The summed E-state index contributed by atoms with van der Waals surface area (Å²) in [5, 5.41) is 18.6. The number of carbonyl (C=O) groups is 1. The number of aryl methyl sites for hydroxylation is 2. The van der Waals surface area contributed by atoms with Gasteiger partial charge >= 0.3 is 5.97 Å². The lowest BCUT2D eigenvalue weighted by molar-refractivity contribution is -0.132. The Morgan fingerprint density at radius 2 is 2.00 bits per heavy atom. The minimum Gasteiger partial charge on any atom is -0.508 e. The van der Waals surface area contributed by atoms with E-state index in [1.807, 2.05) is 6.92 Å². The largest absolute Gasteiger partial charge is 0.508 e. The van der Waals surface area contributed by atoms with Crippen LogP contribution < -0.4 is 4.74 Å². The number of allylic oxidation sites excluding steroid dienone is 3. The van der Waals surface area contributed by atoms with Gasteiger partial charge in [0, 0.05) is 5.57 Å². The Kier molecular flexibility index (Phi) is 6.52. The van der Waals surface area contributed by atoms with Crippen LogP contribution in [0.3, 0.4) is 0 Å². The normalized spacial score (nSPS) is 20.5. The van der Waals surface area contributed by atoms with E-state index < -0.39 is 5.97 Å². The second-order valence-corrected chi connectivity index (χ2v) is 7.62. The fourth-order valence-corrected chi connectivity index (χ4v) is 3.36. The summed E-state index contributed by atoms with van der Waals surface area (Å²) in [4.78, 5) is 10.8. The van der Waals surface area contributed by atoms with Gasteiger partial charge in [0.25, 0.3) is 0 Å². The molecule has 4 nitrogen and oxygen atoms in total. The summed E-state index contributed by atoms with van der Waals surface area (Å²) in [5.74, 6) is 0.378. The molecule has 0 radical (unpaired) electrons. The summed E-state index contributed by atoms with van der Waals surface area (Å²) in [6.45, 7) is 7.85. The smallest absolute Gasteiger partial charge is 0.330 e. The van der Waals surface area contributed by atoms with Crippen molar-refractivity contribution in [1.82, 2.24) is 0 Å². The molecule has 1 aromatic rings. The number of rotatable bonds is 7. The molecule has 1 aliphatic heterocycles. The van der Waals surface area contributed by atoms with Crippen molar-refractivity contribution < 1.29 is 19.7 Å². The number of phenols is 1. The highest BCUT2D eigenvalue weighted by atomic mass is 16.5. The van der Waals surface area contributed by atoms with E-state index in [0.29, 0.717) is 11.3 Å². The molecule has 2 rings (SSSR count). The van der Waals surface area contributed by atoms with Crippen molar-refractivity contribution in [3.05, 3.63) is 46.6 Å². The van der Waals surface area contributed by atoms with Crippen molar-refractivity contribution in [2.45, 2.75) is 71.8 Å². The number of aliphatic carboxylic acids is 1. The number of ether oxygens (including phenoxy) is 1. The van der Waals surface area contributed by atoms with Crippen LogP contribution in [0, 0.1) is 6.92 Å². The van der Waals surface area contributed by atoms with E-state index in [9.17, 15) is 9.90 Å². The number of hydrogen-bond acceptors (Lipinski definition) is 3. The molecular formula is C22H30O4. The molecule has 0 saturated carbocycles. The molecule has 1 aromatic carbocycles. The molecule has 1 unspecified atom stereocenters. The first-order chi connectivity index (χ1) is 12.2. The Morgan fingerprint density at radius 1 is 1.27 bits per heavy atom. The zero-order valence-corrected chi connectivity index (χ0v) is 16.3. The number of carboxylic acids is 1. The highest BCUT2D eigenvalue weighted by Gasteiger charge is 2.31. The number of carboxylic acid groups (broad SMARTS) is 1. The number of hydrogen-bond donors (Lipinski definition) is 2. The average Bonchev–Trinajstić information content (AvgIpc) is 2.55. The minimum absolute atomic E-state index is 0.189. The molecule has 1 aliphatic rings. The third-order valence-corrected chi connectivity index (χ3v) is 5.10. The fourth-order valence-electron chi connectivity index (χ4n) is 3.36. The molecule has 0 saturated heterocycles. The highest BCUT2D eigenvalue weighted by molar-refractivity contribution is 5.85. The molecule has 1 heterocycles. The van der Waals surface area contributed by atoms with Crippen LogP contribution in [0.4, 0.5) is 0 Å². The Labute approximate surface area is 156 Å². The maximum absolute atomic E-state index is 10.8. The zero-order chi connectivity index (χ0) is 19.3. The lowest BCUT2D eigenvalue weighted by Gasteiger charge is -2.36. The van der Waals surface area contributed by atoms with E-state index in [4.69, 9.17) is 9.84 Å². The molecular weight excluding hydrogens is 328 g/mol. The third kappa shape index (κ3) is 5.38. The predicted octanol–water partition coefficient (Wildman–Crippen LogP) is 5.32. The van der Waals surface area contributed by atoms with Crippen LogP contribution >= 0.6 is 0 Å². The van der Waals surface area contributed by atoms with Crippen molar-refractivity contribution >= 4 is 5.97 Å². The van der Waals surface area contributed by atoms with Gasteiger partial charge in [-0.05, 0) is 89.5 Å². The van der Waals surface area contributed by atoms with Crippen LogP contribution in [0.1, 0.15) is 64.0 Å². The number of aromatic hydroxyl groups is 1. The Balaban J connectivity index is 1.89. The lowest BCUT2D eigenvalue weighted by atomic mass is 9.87. The first kappa shape index (κ1) is 20.1. The second kappa shape index (κ2) is 8.43. The van der Waals surface area contributed by atoms with Crippen LogP contribution in [-0.2, 0) is 11.2 Å². The van der Waals surface area contributed by atoms with Gasteiger partial charge in [0.15, 0.2) is 0 Å². The first-order valence-electron chi connectivity index (χ1n) is 9.27. The maximum atomic E-state index is 10.8. The van der Waals surface area contributed by atoms with Gasteiger partial charge in [0.1, 0.15) is 17.1 Å². The summed E-state index contributed by atoms with van der Waals surface area (Å²) < 4.78 is 6.31. The topological polar surface area (TPSA) is 66.8 Å². The summed E-state index contributed by atoms with van der Waals surface area (Å²) in [5.41, 5.74) is 3.57.